The number of ether oxygens (including phenoxy) is 1. The number of methoxy groups -OCH3 is 1. The number of rotatable bonds is 11. The lowest BCUT2D eigenvalue weighted by molar-refractivity contribution is -0.140. The predicted octanol–water partition coefficient (Wildman–Crippen LogP) is 3.77. The summed E-state index contributed by atoms with van der Waals surface area (Å²) < 4.78 is 18.5. The van der Waals surface area contributed by atoms with Crippen molar-refractivity contribution in [3.63, 3.8) is 0 Å². The van der Waals surface area contributed by atoms with E-state index < -0.39 is 6.04 Å². The maximum Gasteiger partial charge on any atom is 0.243 e. The van der Waals surface area contributed by atoms with Crippen LogP contribution >= 0.6 is 0 Å². The van der Waals surface area contributed by atoms with E-state index in [1.807, 2.05) is 60.7 Å². The van der Waals surface area contributed by atoms with Crippen LogP contribution < -0.4 is 5.32 Å². The zero-order chi connectivity index (χ0) is 23.5. The van der Waals surface area contributed by atoms with E-state index in [1.54, 1.807) is 24.1 Å². The lowest BCUT2D eigenvalue weighted by Crippen LogP contribution is -2.51. The second-order valence-corrected chi connectivity index (χ2v) is 7.80. The molecular formula is C27H29FN2O3. The quantitative estimate of drug-likeness (QED) is 0.455. The molecule has 3 rings (SSSR count). The normalized spacial score (nSPS) is 11.6. The number of hydrogen-bond acceptors (Lipinski definition) is 3. The van der Waals surface area contributed by atoms with Crippen molar-refractivity contribution >= 4 is 11.8 Å². The minimum absolute atomic E-state index is 0.165. The molecule has 0 saturated heterocycles. The first kappa shape index (κ1) is 24.1. The van der Waals surface area contributed by atoms with Crippen molar-refractivity contribution in [2.45, 2.75) is 25.4 Å². The number of hydrogen-bond donors (Lipinski definition) is 1. The zero-order valence-corrected chi connectivity index (χ0v) is 18.7. The zero-order valence-electron chi connectivity index (χ0n) is 18.7. The molecule has 1 unspecified atom stereocenters. The lowest BCUT2D eigenvalue weighted by Gasteiger charge is -2.31. The highest BCUT2D eigenvalue weighted by atomic mass is 19.1. The smallest absolute Gasteiger partial charge is 0.243 e. The van der Waals surface area contributed by atoms with Crippen LogP contribution in [0.25, 0.3) is 0 Å². The molecule has 2 amide bonds. The average molecular weight is 449 g/mol. The second-order valence-electron chi connectivity index (χ2n) is 7.80. The fourth-order valence-corrected chi connectivity index (χ4v) is 3.61. The topological polar surface area (TPSA) is 58.6 Å². The van der Waals surface area contributed by atoms with Gasteiger partial charge in [-0.25, -0.2) is 4.39 Å². The van der Waals surface area contributed by atoms with Crippen LogP contribution in [0.5, 0.6) is 0 Å². The lowest BCUT2D eigenvalue weighted by atomic mass is 10.0. The first-order chi connectivity index (χ1) is 16.1. The summed E-state index contributed by atoms with van der Waals surface area (Å²) in [5, 5.41) is 2.88. The summed E-state index contributed by atoms with van der Waals surface area (Å²) in [6, 6.07) is 24.3. The fraction of sp³-hybridized carbons (Fsp3) is 0.259. The van der Waals surface area contributed by atoms with E-state index in [2.05, 4.69) is 5.32 Å². The molecule has 3 aromatic carbocycles. The predicted molar refractivity (Wildman–Crippen MR) is 126 cm³/mol. The van der Waals surface area contributed by atoms with Gasteiger partial charge in [0.2, 0.25) is 11.8 Å². The molecule has 0 aliphatic rings. The molecule has 6 heteroatoms. The summed E-state index contributed by atoms with van der Waals surface area (Å²) in [5.74, 6) is -0.771. The van der Waals surface area contributed by atoms with E-state index in [0.29, 0.717) is 19.6 Å². The molecule has 0 aliphatic carbocycles. The molecule has 3 aromatic rings. The van der Waals surface area contributed by atoms with Crippen molar-refractivity contribution in [2.75, 3.05) is 20.3 Å². The van der Waals surface area contributed by atoms with Gasteiger partial charge in [0.05, 0.1) is 13.0 Å². The van der Waals surface area contributed by atoms with Crippen LogP contribution in [-0.4, -0.2) is 43.0 Å². The van der Waals surface area contributed by atoms with Crippen molar-refractivity contribution in [1.29, 1.82) is 0 Å². The Morgan fingerprint density at radius 1 is 0.879 bits per heavy atom. The Morgan fingerprint density at radius 2 is 1.48 bits per heavy atom. The maximum atomic E-state index is 13.5. The number of halogens is 1. The first-order valence-corrected chi connectivity index (χ1v) is 10.9. The van der Waals surface area contributed by atoms with Crippen molar-refractivity contribution in [3.05, 3.63) is 107 Å². The van der Waals surface area contributed by atoms with Crippen LogP contribution in [0.3, 0.4) is 0 Å². The van der Waals surface area contributed by atoms with Gasteiger partial charge in [-0.3, -0.25) is 9.59 Å². The molecule has 1 N–H and O–H groups in total. The standard InChI is InChI=1S/C27H29FN2O3/c1-33-17-16-29-27(32)25(18-21-8-4-2-5-9-21)30(20-23-12-14-24(28)15-13-23)26(31)19-22-10-6-3-7-11-22/h2-15,25H,16-20H2,1H3,(H,29,32). The Morgan fingerprint density at radius 3 is 2.09 bits per heavy atom. The van der Waals surface area contributed by atoms with Gasteiger partial charge in [-0.15, -0.1) is 0 Å². The number of amides is 2. The van der Waals surface area contributed by atoms with E-state index in [4.69, 9.17) is 4.74 Å². The maximum absolute atomic E-state index is 13.5. The van der Waals surface area contributed by atoms with Gasteiger partial charge in [0.15, 0.2) is 0 Å². The Kier molecular flexibility index (Phi) is 9.15. The van der Waals surface area contributed by atoms with Crippen molar-refractivity contribution in [3.8, 4) is 0 Å². The van der Waals surface area contributed by atoms with Gasteiger partial charge in [0.1, 0.15) is 11.9 Å². The van der Waals surface area contributed by atoms with Crippen LogP contribution in [0.4, 0.5) is 4.39 Å². The molecule has 33 heavy (non-hydrogen) atoms. The summed E-state index contributed by atoms with van der Waals surface area (Å²) in [4.78, 5) is 28.3. The van der Waals surface area contributed by atoms with Crippen molar-refractivity contribution < 1.29 is 18.7 Å². The minimum Gasteiger partial charge on any atom is -0.383 e. The number of nitrogens with zero attached hydrogens (tertiary/aromatic N) is 1. The van der Waals surface area contributed by atoms with Crippen molar-refractivity contribution in [1.82, 2.24) is 10.2 Å². The van der Waals surface area contributed by atoms with Crippen molar-refractivity contribution in [2.24, 2.45) is 0 Å². The molecule has 172 valence electrons. The minimum atomic E-state index is -0.731. The van der Waals surface area contributed by atoms with Crippen LogP contribution in [0.1, 0.15) is 16.7 Å². The number of carbonyl (C=O) groups is 2. The molecule has 0 bridgehead atoms. The summed E-state index contributed by atoms with van der Waals surface area (Å²) in [6.07, 6.45) is 0.528. The summed E-state index contributed by atoms with van der Waals surface area (Å²) >= 11 is 0. The molecule has 0 heterocycles. The largest absolute Gasteiger partial charge is 0.383 e. The highest BCUT2D eigenvalue weighted by Gasteiger charge is 2.30. The molecule has 5 nitrogen and oxygen atoms in total. The summed E-state index contributed by atoms with van der Waals surface area (Å²) in [5.41, 5.74) is 2.56. The van der Waals surface area contributed by atoms with Gasteiger partial charge in [-0.2, -0.15) is 0 Å². The van der Waals surface area contributed by atoms with Gasteiger partial charge < -0.3 is 15.0 Å². The molecule has 0 spiro atoms. The van der Waals surface area contributed by atoms with Gasteiger partial charge in [-0.1, -0.05) is 72.8 Å². The molecule has 1 atom stereocenters. The Bertz CT molecular complexity index is 1010. The van der Waals surface area contributed by atoms with Gasteiger partial charge in [-0.05, 0) is 28.8 Å². The monoisotopic (exact) mass is 448 g/mol. The molecule has 0 radical (unpaired) electrons. The third-order valence-electron chi connectivity index (χ3n) is 5.34. The average Bonchev–Trinajstić information content (AvgIpc) is 2.84. The summed E-state index contributed by atoms with van der Waals surface area (Å²) in [7, 11) is 1.57. The Balaban J connectivity index is 1.91. The molecular weight excluding hydrogens is 419 g/mol. The second kappa shape index (κ2) is 12.5. The summed E-state index contributed by atoms with van der Waals surface area (Å²) in [6.45, 7) is 0.915. The SMILES string of the molecule is COCCNC(=O)C(Cc1ccccc1)N(Cc1ccc(F)cc1)C(=O)Cc1ccccc1. The van der Waals surface area contributed by atoms with E-state index in [1.165, 1.54) is 12.1 Å². The highest BCUT2D eigenvalue weighted by molar-refractivity contribution is 5.88. The fourth-order valence-electron chi connectivity index (χ4n) is 3.61. The Labute approximate surface area is 194 Å². The number of nitrogens with one attached hydrogen (secondary N) is 1. The van der Waals surface area contributed by atoms with E-state index in [-0.39, 0.29) is 30.6 Å². The molecule has 0 fully saturated rings. The number of carbonyl (C=O) groups excluding carboxylic acids is 2. The van der Waals surface area contributed by atoms with Crippen LogP contribution in [0.2, 0.25) is 0 Å². The third-order valence-corrected chi connectivity index (χ3v) is 5.34. The van der Waals surface area contributed by atoms with Crippen LogP contribution in [0.15, 0.2) is 84.9 Å². The third kappa shape index (κ3) is 7.54. The van der Waals surface area contributed by atoms with E-state index in [0.717, 1.165) is 16.7 Å². The first-order valence-electron chi connectivity index (χ1n) is 10.9. The number of benzene rings is 3. The molecule has 0 aliphatic heterocycles. The molecule has 0 saturated carbocycles. The Hall–Kier alpha value is -3.51. The van der Waals surface area contributed by atoms with Crippen LogP contribution in [0, 0.1) is 5.82 Å². The van der Waals surface area contributed by atoms with E-state index in [9.17, 15) is 14.0 Å². The van der Waals surface area contributed by atoms with E-state index >= 15 is 0 Å². The highest BCUT2D eigenvalue weighted by Crippen LogP contribution is 2.17. The van der Waals surface area contributed by atoms with Gasteiger partial charge >= 0.3 is 0 Å². The van der Waals surface area contributed by atoms with Gasteiger partial charge in [0.25, 0.3) is 0 Å². The van der Waals surface area contributed by atoms with Gasteiger partial charge in [0, 0.05) is 26.6 Å². The van der Waals surface area contributed by atoms with Crippen LogP contribution in [-0.2, 0) is 33.7 Å². The molecule has 0 aromatic heterocycles.